The molecule has 0 aliphatic heterocycles. The summed E-state index contributed by atoms with van der Waals surface area (Å²) in [5.74, 6) is 0. The Kier molecular flexibility index (Phi) is 2.37. The summed E-state index contributed by atoms with van der Waals surface area (Å²) in [5.41, 5.74) is 2.92. The van der Waals surface area contributed by atoms with Crippen molar-refractivity contribution >= 4 is 22.6 Å². The van der Waals surface area contributed by atoms with Crippen LogP contribution in [0.2, 0.25) is 0 Å². The smallest absolute Gasteiger partial charge is 0.193 e. The minimum absolute atomic E-state index is 0.792. The average molecular weight is 263 g/mol. The van der Waals surface area contributed by atoms with Crippen LogP contribution in [-0.4, -0.2) is 0 Å². The second kappa shape index (κ2) is 2.97. The monoisotopic (exact) mass is 263 g/mol. The lowest BCUT2D eigenvalue weighted by Gasteiger charge is -2.06. The average Bonchev–Trinajstić information content (AvgIpc) is 1.97. The first-order valence-electron chi connectivity index (χ1n) is 3.39. The van der Waals surface area contributed by atoms with Gasteiger partial charge in [0, 0.05) is 21.6 Å². The van der Waals surface area contributed by atoms with Gasteiger partial charge in [0.15, 0.2) is 11.9 Å². The van der Waals surface area contributed by atoms with Gasteiger partial charge in [-0.3, -0.25) is 0 Å². The Labute approximate surface area is 80.0 Å². The van der Waals surface area contributed by atoms with Crippen molar-refractivity contribution in [1.29, 1.82) is 0 Å². The Hall–Kier alpha value is -0.320. The number of hydrogen-bond acceptors (Lipinski definition) is 1. The van der Waals surface area contributed by atoms with E-state index in [1.54, 1.807) is 6.20 Å². The summed E-state index contributed by atoms with van der Waals surface area (Å²) < 4.78 is 2.11. The fourth-order valence-corrected chi connectivity index (χ4v) is 1.48. The Morgan fingerprint density at radius 2 is 1.91 bits per heavy atom. The molecule has 1 rings (SSSR count). The normalized spacial score (nSPS) is 10.2. The number of rotatable bonds is 0. The van der Waals surface area contributed by atoms with E-state index in [1.165, 1.54) is 3.57 Å². The van der Waals surface area contributed by atoms with Crippen LogP contribution in [0.4, 0.5) is 0 Å². The van der Waals surface area contributed by atoms with E-state index in [4.69, 9.17) is 0 Å². The zero-order valence-electron chi connectivity index (χ0n) is 6.81. The minimum atomic E-state index is 0.792. The van der Waals surface area contributed by atoms with Crippen molar-refractivity contribution in [2.75, 3.05) is 0 Å². The van der Waals surface area contributed by atoms with Crippen LogP contribution in [-0.2, 0) is 0 Å². The zero-order chi connectivity index (χ0) is 8.59. The Balaban J connectivity index is 3.46. The van der Waals surface area contributed by atoms with Gasteiger partial charge in [0.05, 0.1) is 0 Å². The number of hydrogen-bond donors (Lipinski definition) is 0. The van der Waals surface area contributed by atoms with E-state index >= 15 is 0 Å². The summed E-state index contributed by atoms with van der Waals surface area (Å²) >= 11 is 2.26. The molecule has 3 heteroatoms. The van der Waals surface area contributed by atoms with Gasteiger partial charge in [0.1, 0.15) is 0 Å². The van der Waals surface area contributed by atoms with Crippen LogP contribution < -0.4 is 4.73 Å². The van der Waals surface area contributed by atoms with Crippen LogP contribution >= 0.6 is 22.6 Å². The van der Waals surface area contributed by atoms with Gasteiger partial charge >= 0.3 is 0 Å². The zero-order valence-corrected chi connectivity index (χ0v) is 8.97. The quantitative estimate of drug-likeness (QED) is 0.398. The lowest BCUT2D eigenvalue weighted by Crippen LogP contribution is -2.31. The van der Waals surface area contributed by atoms with Gasteiger partial charge in [0.2, 0.25) is 0 Å². The molecule has 0 aliphatic rings. The standard InChI is InChI=1S/C8H10INO/c1-5-4-10(11)7(3)6(2)8(5)9/h4H,1-3H3. The third-order valence-electron chi connectivity index (χ3n) is 1.86. The fourth-order valence-electron chi connectivity index (χ4n) is 0.949. The summed E-state index contributed by atoms with van der Waals surface area (Å²) in [7, 11) is 0. The number of halogens is 1. The molecule has 0 fully saturated rings. The van der Waals surface area contributed by atoms with Gasteiger partial charge < -0.3 is 5.21 Å². The molecule has 60 valence electrons. The van der Waals surface area contributed by atoms with Crippen LogP contribution in [0.3, 0.4) is 0 Å². The molecular formula is C8H10INO. The van der Waals surface area contributed by atoms with Crippen LogP contribution in [0.25, 0.3) is 0 Å². The minimum Gasteiger partial charge on any atom is -0.618 e. The predicted octanol–water partition coefficient (Wildman–Crippen LogP) is 1.85. The lowest BCUT2D eigenvalue weighted by molar-refractivity contribution is -0.613. The lowest BCUT2D eigenvalue weighted by atomic mass is 10.2. The van der Waals surface area contributed by atoms with E-state index in [0.29, 0.717) is 0 Å². The van der Waals surface area contributed by atoms with E-state index in [2.05, 4.69) is 22.6 Å². The molecule has 1 heterocycles. The van der Waals surface area contributed by atoms with Gasteiger partial charge in [0.25, 0.3) is 0 Å². The van der Waals surface area contributed by atoms with Gasteiger partial charge in [-0.2, -0.15) is 4.73 Å². The molecule has 0 saturated heterocycles. The summed E-state index contributed by atoms with van der Waals surface area (Å²) in [6.45, 7) is 5.76. The van der Waals surface area contributed by atoms with E-state index in [0.717, 1.165) is 21.6 Å². The second-order valence-electron chi connectivity index (χ2n) is 2.66. The van der Waals surface area contributed by atoms with Gasteiger partial charge in [-0.25, -0.2) is 0 Å². The SMILES string of the molecule is Cc1c[n+]([O-])c(C)c(C)c1I. The molecule has 0 aromatic carbocycles. The first-order chi connectivity index (χ1) is 5.04. The van der Waals surface area contributed by atoms with Crippen LogP contribution in [0.5, 0.6) is 0 Å². The number of aromatic nitrogens is 1. The van der Waals surface area contributed by atoms with Crippen molar-refractivity contribution in [2.24, 2.45) is 0 Å². The van der Waals surface area contributed by atoms with Crippen molar-refractivity contribution in [2.45, 2.75) is 20.8 Å². The fraction of sp³-hybridized carbons (Fsp3) is 0.375. The third-order valence-corrected chi connectivity index (χ3v) is 3.52. The Morgan fingerprint density at radius 3 is 2.45 bits per heavy atom. The first-order valence-corrected chi connectivity index (χ1v) is 4.47. The number of aryl methyl sites for hydroxylation is 1. The maximum absolute atomic E-state index is 11.1. The highest BCUT2D eigenvalue weighted by Crippen LogP contribution is 2.15. The van der Waals surface area contributed by atoms with Crippen molar-refractivity contribution < 1.29 is 4.73 Å². The van der Waals surface area contributed by atoms with Crippen LogP contribution in [0.15, 0.2) is 6.20 Å². The molecule has 2 nitrogen and oxygen atoms in total. The topological polar surface area (TPSA) is 26.9 Å². The summed E-state index contributed by atoms with van der Waals surface area (Å²) in [6.07, 6.45) is 1.62. The van der Waals surface area contributed by atoms with E-state index in [-0.39, 0.29) is 0 Å². The molecule has 0 atom stereocenters. The first kappa shape index (κ1) is 8.77. The largest absolute Gasteiger partial charge is 0.618 e. The van der Waals surface area contributed by atoms with Crippen molar-refractivity contribution in [3.8, 4) is 0 Å². The van der Waals surface area contributed by atoms with Crippen LogP contribution in [0.1, 0.15) is 16.8 Å². The molecule has 0 spiro atoms. The second-order valence-corrected chi connectivity index (χ2v) is 3.74. The molecule has 0 amide bonds. The molecule has 0 bridgehead atoms. The summed E-state index contributed by atoms with van der Waals surface area (Å²) in [5, 5.41) is 11.1. The van der Waals surface area contributed by atoms with Crippen LogP contribution in [0, 0.1) is 29.5 Å². The molecule has 11 heavy (non-hydrogen) atoms. The van der Waals surface area contributed by atoms with Crippen molar-refractivity contribution in [3.05, 3.63) is 31.8 Å². The molecule has 1 aromatic rings. The van der Waals surface area contributed by atoms with Crippen molar-refractivity contribution in [1.82, 2.24) is 0 Å². The van der Waals surface area contributed by atoms with E-state index < -0.39 is 0 Å². The molecule has 0 radical (unpaired) electrons. The summed E-state index contributed by atoms with van der Waals surface area (Å²) in [4.78, 5) is 0. The molecule has 0 aliphatic carbocycles. The van der Waals surface area contributed by atoms with Gasteiger partial charge in [-0.05, 0) is 36.4 Å². The number of pyridine rings is 1. The highest BCUT2D eigenvalue weighted by molar-refractivity contribution is 14.1. The maximum atomic E-state index is 11.1. The molecule has 0 unspecified atom stereocenters. The van der Waals surface area contributed by atoms with E-state index in [9.17, 15) is 5.21 Å². The van der Waals surface area contributed by atoms with Crippen molar-refractivity contribution in [3.63, 3.8) is 0 Å². The maximum Gasteiger partial charge on any atom is 0.193 e. The summed E-state index contributed by atoms with van der Waals surface area (Å²) in [6, 6.07) is 0. The van der Waals surface area contributed by atoms with Gasteiger partial charge in [-0.15, -0.1) is 0 Å². The van der Waals surface area contributed by atoms with E-state index in [1.807, 2.05) is 20.8 Å². The number of nitrogens with zero attached hydrogens (tertiary/aromatic N) is 1. The highest BCUT2D eigenvalue weighted by Gasteiger charge is 2.09. The Bertz CT molecular complexity index is 270. The predicted molar refractivity (Wildman–Crippen MR) is 52.3 cm³/mol. The molecule has 1 aromatic heterocycles. The molecule has 0 saturated carbocycles. The highest BCUT2D eigenvalue weighted by atomic mass is 127. The molecule has 0 N–H and O–H groups in total. The molecular weight excluding hydrogens is 253 g/mol. The van der Waals surface area contributed by atoms with Gasteiger partial charge in [-0.1, -0.05) is 0 Å². The third kappa shape index (κ3) is 1.47. The Morgan fingerprint density at radius 1 is 1.36 bits per heavy atom.